The minimum atomic E-state index is -1.17. The summed E-state index contributed by atoms with van der Waals surface area (Å²) in [7, 11) is 0. The Morgan fingerprint density at radius 3 is 2.45 bits per heavy atom. The van der Waals surface area contributed by atoms with Gasteiger partial charge in [-0.05, 0) is 66.5 Å². The number of ether oxygens (including phenoxy) is 1. The third kappa shape index (κ3) is 7.90. The van der Waals surface area contributed by atoms with Gasteiger partial charge in [-0.15, -0.1) is 0 Å². The Hall–Kier alpha value is -3.62. The van der Waals surface area contributed by atoms with E-state index in [1.165, 1.54) is 12.1 Å². The molecule has 0 aliphatic carbocycles. The van der Waals surface area contributed by atoms with E-state index in [4.69, 9.17) is 4.74 Å². The molecule has 2 N–H and O–H groups in total. The van der Waals surface area contributed by atoms with Crippen LogP contribution < -0.4 is 5.32 Å². The van der Waals surface area contributed by atoms with Crippen molar-refractivity contribution < 1.29 is 28.2 Å². The predicted octanol–water partition coefficient (Wildman–Crippen LogP) is 5.53. The van der Waals surface area contributed by atoms with Gasteiger partial charge in [-0.25, -0.2) is 13.6 Å². The van der Waals surface area contributed by atoms with Gasteiger partial charge in [0.15, 0.2) is 0 Å². The molecule has 3 aromatic rings. The maximum atomic E-state index is 14.2. The molecule has 2 heterocycles. The van der Waals surface area contributed by atoms with Crippen molar-refractivity contribution in [1.82, 2.24) is 10.2 Å². The van der Waals surface area contributed by atoms with Crippen molar-refractivity contribution in [3.05, 3.63) is 107 Å². The smallest absolute Gasteiger partial charge is 0.329 e. The normalized spacial score (nSPS) is 20.2. The van der Waals surface area contributed by atoms with Gasteiger partial charge in [-0.2, -0.15) is 0 Å². The lowest BCUT2D eigenvalue weighted by Crippen LogP contribution is -2.53. The SMILES string of the molecule is CCCCC1CCN(C(CCc2ccccc2)C(=O)O[C@@H](Cc2cc(F)cc(F)c2)[C@H](O)C2Cc3ccccc3CN2)C1=O. The van der Waals surface area contributed by atoms with Crippen molar-refractivity contribution in [3.8, 4) is 0 Å². The molecule has 3 aromatic carbocycles. The Kier molecular flexibility index (Phi) is 10.8. The van der Waals surface area contributed by atoms with Crippen LogP contribution in [0, 0.1) is 17.6 Å². The van der Waals surface area contributed by atoms with Gasteiger partial charge in [0.25, 0.3) is 0 Å². The van der Waals surface area contributed by atoms with Gasteiger partial charge in [0.1, 0.15) is 29.9 Å². The molecule has 44 heavy (non-hydrogen) atoms. The highest BCUT2D eigenvalue weighted by Gasteiger charge is 2.41. The molecule has 2 aliphatic rings. The molecule has 234 valence electrons. The Labute approximate surface area is 258 Å². The number of nitrogens with one attached hydrogen (secondary N) is 1. The summed E-state index contributed by atoms with van der Waals surface area (Å²) in [5.74, 6) is -2.26. The number of fused-ring (bicyclic) bond motifs is 1. The molecule has 1 fully saturated rings. The molecule has 0 radical (unpaired) electrons. The first-order valence-electron chi connectivity index (χ1n) is 15.8. The Morgan fingerprint density at radius 1 is 1.02 bits per heavy atom. The predicted molar refractivity (Wildman–Crippen MR) is 165 cm³/mol. The third-order valence-corrected chi connectivity index (χ3v) is 8.99. The minimum absolute atomic E-state index is 0.0386. The molecule has 6 nitrogen and oxygen atoms in total. The summed E-state index contributed by atoms with van der Waals surface area (Å²) in [6.07, 6.45) is 2.49. The molecule has 5 rings (SSSR count). The fourth-order valence-corrected chi connectivity index (χ4v) is 6.54. The van der Waals surface area contributed by atoms with E-state index in [1.807, 2.05) is 54.6 Å². The van der Waals surface area contributed by atoms with Crippen LogP contribution in [0.1, 0.15) is 61.3 Å². The van der Waals surface area contributed by atoms with Crippen LogP contribution in [0.5, 0.6) is 0 Å². The van der Waals surface area contributed by atoms with Crippen molar-refractivity contribution in [2.75, 3.05) is 6.54 Å². The number of nitrogens with zero attached hydrogens (tertiary/aromatic N) is 1. The molecule has 1 saturated heterocycles. The van der Waals surface area contributed by atoms with Crippen LogP contribution in [-0.4, -0.2) is 52.7 Å². The van der Waals surface area contributed by atoms with Crippen LogP contribution in [0.15, 0.2) is 72.8 Å². The molecule has 3 unspecified atom stereocenters. The van der Waals surface area contributed by atoms with Gasteiger partial charge in [0.05, 0.1) is 0 Å². The van der Waals surface area contributed by atoms with E-state index >= 15 is 0 Å². The number of rotatable bonds is 13. The number of esters is 1. The van der Waals surface area contributed by atoms with Gasteiger partial charge in [0.2, 0.25) is 5.91 Å². The van der Waals surface area contributed by atoms with Gasteiger partial charge in [-0.1, -0.05) is 74.4 Å². The summed E-state index contributed by atoms with van der Waals surface area (Å²) in [6, 6.07) is 19.6. The second-order valence-corrected chi connectivity index (χ2v) is 12.1. The molecular weight excluding hydrogens is 562 g/mol. The van der Waals surface area contributed by atoms with Crippen LogP contribution >= 0.6 is 0 Å². The summed E-state index contributed by atoms with van der Waals surface area (Å²) < 4.78 is 34.4. The van der Waals surface area contributed by atoms with Crippen LogP contribution in [0.2, 0.25) is 0 Å². The average Bonchev–Trinajstić information content (AvgIpc) is 3.38. The topological polar surface area (TPSA) is 78.9 Å². The summed E-state index contributed by atoms with van der Waals surface area (Å²) >= 11 is 0. The number of likely N-dealkylation sites (tertiary alicyclic amines) is 1. The number of carbonyl (C=O) groups is 2. The molecular formula is C36H42F2N2O4. The number of halogens is 2. The molecule has 5 atom stereocenters. The second-order valence-electron chi connectivity index (χ2n) is 12.1. The first kappa shape index (κ1) is 31.8. The first-order chi connectivity index (χ1) is 21.3. The van der Waals surface area contributed by atoms with Crippen molar-refractivity contribution >= 4 is 11.9 Å². The van der Waals surface area contributed by atoms with Crippen LogP contribution in [0.4, 0.5) is 8.78 Å². The summed E-state index contributed by atoms with van der Waals surface area (Å²) in [4.78, 5) is 29.2. The molecule has 8 heteroatoms. The Bertz CT molecular complexity index is 1400. The maximum Gasteiger partial charge on any atom is 0.329 e. The highest BCUT2D eigenvalue weighted by molar-refractivity contribution is 5.87. The van der Waals surface area contributed by atoms with E-state index in [0.29, 0.717) is 38.8 Å². The number of aliphatic hydroxyl groups excluding tert-OH is 1. The molecule has 0 bridgehead atoms. The maximum absolute atomic E-state index is 14.2. The standard InChI is InChI=1S/C36H42F2N2O4/c1-2-3-11-26-16-17-40(35(26)42)32(15-14-24-9-5-4-6-10-24)36(43)44-33(20-25-18-29(37)22-30(38)19-25)34(41)31-21-27-12-7-8-13-28(27)23-39-31/h4-10,12-13,18-19,22,26,31-34,39,41H,2-3,11,14-17,20-21,23H2,1H3/t26?,31?,32?,33-,34+/m0/s1. The van der Waals surface area contributed by atoms with E-state index in [0.717, 1.165) is 42.0 Å². The van der Waals surface area contributed by atoms with Crippen LogP contribution in [0.25, 0.3) is 0 Å². The van der Waals surface area contributed by atoms with Crippen molar-refractivity contribution in [2.24, 2.45) is 5.92 Å². The number of aryl methyl sites for hydroxylation is 1. The van der Waals surface area contributed by atoms with Gasteiger partial charge in [0, 0.05) is 37.5 Å². The lowest BCUT2D eigenvalue weighted by atomic mass is 9.89. The molecule has 0 aromatic heterocycles. The van der Waals surface area contributed by atoms with E-state index < -0.39 is 41.9 Å². The van der Waals surface area contributed by atoms with Crippen molar-refractivity contribution in [3.63, 3.8) is 0 Å². The number of amides is 1. The number of aliphatic hydroxyl groups is 1. The quantitative estimate of drug-likeness (QED) is 0.251. The van der Waals surface area contributed by atoms with Gasteiger partial charge in [-0.3, -0.25) is 4.79 Å². The van der Waals surface area contributed by atoms with Crippen LogP contribution in [0.3, 0.4) is 0 Å². The Morgan fingerprint density at radius 2 is 1.73 bits per heavy atom. The zero-order valence-electron chi connectivity index (χ0n) is 25.3. The van der Waals surface area contributed by atoms with E-state index in [2.05, 4.69) is 12.2 Å². The fourth-order valence-electron chi connectivity index (χ4n) is 6.54. The van der Waals surface area contributed by atoms with E-state index in [-0.39, 0.29) is 23.8 Å². The number of benzene rings is 3. The highest BCUT2D eigenvalue weighted by atomic mass is 19.1. The first-order valence-corrected chi connectivity index (χ1v) is 15.8. The monoisotopic (exact) mass is 604 g/mol. The number of hydrogen-bond donors (Lipinski definition) is 2. The highest BCUT2D eigenvalue weighted by Crippen LogP contribution is 2.29. The summed E-state index contributed by atoms with van der Waals surface area (Å²) in [5, 5.41) is 15.0. The van der Waals surface area contributed by atoms with Crippen molar-refractivity contribution in [2.45, 2.75) is 89.1 Å². The molecule has 0 saturated carbocycles. The Balaban J connectivity index is 1.39. The zero-order chi connectivity index (χ0) is 31.1. The molecule has 2 aliphatic heterocycles. The van der Waals surface area contributed by atoms with E-state index in [1.54, 1.807) is 4.90 Å². The largest absolute Gasteiger partial charge is 0.458 e. The fraction of sp³-hybridized carbons (Fsp3) is 0.444. The lowest BCUT2D eigenvalue weighted by Gasteiger charge is -2.35. The average molecular weight is 605 g/mol. The number of hydrogen-bond acceptors (Lipinski definition) is 5. The van der Waals surface area contributed by atoms with Gasteiger partial charge >= 0.3 is 5.97 Å². The van der Waals surface area contributed by atoms with Gasteiger partial charge < -0.3 is 20.1 Å². The molecule has 1 amide bonds. The number of carbonyl (C=O) groups excluding carboxylic acids is 2. The lowest BCUT2D eigenvalue weighted by molar-refractivity contribution is -0.165. The minimum Gasteiger partial charge on any atom is -0.458 e. The molecule has 0 spiro atoms. The summed E-state index contributed by atoms with van der Waals surface area (Å²) in [6.45, 7) is 3.09. The van der Waals surface area contributed by atoms with Crippen LogP contribution in [-0.2, 0) is 40.1 Å². The van der Waals surface area contributed by atoms with Crippen molar-refractivity contribution in [1.29, 1.82) is 0 Å². The second kappa shape index (κ2) is 14.9. The van der Waals surface area contributed by atoms with E-state index in [9.17, 15) is 23.5 Å². The zero-order valence-corrected chi connectivity index (χ0v) is 25.3. The number of unbranched alkanes of at least 4 members (excludes halogenated alkanes) is 1. The summed E-state index contributed by atoms with van der Waals surface area (Å²) in [5.41, 5.74) is 3.52. The third-order valence-electron chi connectivity index (χ3n) is 8.99.